The Morgan fingerprint density at radius 2 is 1.81 bits per heavy atom. The van der Waals surface area contributed by atoms with Crippen molar-refractivity contribution in [1.82, 2.24) is 0 Å². The zero-order valence-corrected chi connectivity index (χ0v) is 16.9. The van der Waals surface area contributed by atoms with Crippen molar-refractivity contribution in [1.29, 1.82) is 0 Å². The number of hydrogen-bond donors (Lipinski definition) is 0. The van der Waals surface area contributed by atoms with Gasteiger partial charge in [-0.25, -0.2) is 0 Å². The van der Waals surface area contributed by atoms with Crippen LogP contribution in [0.3, 0.4) is 0 Å². The molecule has 0 radical (unpaired) electrons. The maximum Gasteiger partial charge on any atom is 0.171 e. The highest BCUT2D eigenvalue weighted by Gasteiger charge is 2.79. The van der Waals surface area contributed by atoms with E-state index in [2.05, 4.69) is 26.8 Å². The van der Waals surface area contributed by atoms with E-state index in [9.17, 15) is 4.79 Å². The fraction of sp³-hybridized carbons (Fsp3) is 0.870. The SMILES string of the molecule is CC1(C)COC2(CCC34OC3(CCC3C4=CCC4(C)C(=O)CCC34)C2)OC1. The standard InChI is InChI=1S/C23H32O4/c1-19(2)13-25-22(26-14-19)10-11-23-17-7-8-20(3)16(4-5-18(20)24)15(17)6-9-21(23,12-22)27-23/h7,15-16H,4-6,8-14H2,1-3H3. The highest BCUT2D eigenvalue weighted by Crippen LogP contribution is 2.73. The van der Waals surface area contributed by atoms with Crippen LogP contribution in [-0.2, 0) is 19.0 Å². The van der Waals surface area contributed by atoms with E-state index in [0.29, 0.717) is 17.6 Å². The lowest BCUT2D eigenvalue weighted by Gasteiger charge is -2.51. The number of fused-ring (bicyclic) bond motifs is 3. The van der Waals surface area contributed by atoms with Gasteiger partial charge in [-0.3, -0.25) is 4.79 Å². The van der Waals surface area contributed by atoms with E-state index >= 15 is 0 Å². The van der Waals surface area contributed by atoms with E-state index in [1.165, 1.54) is 5.57 Å². The molecule has 0 amide bonds. The molecule has 1 spiro atoms. The number of rotatable bonds is 0. The zero-order valence-electron chi connectivity index (χ0n) is 16.9. The fourth-order valence-corrected chi connectivity index (χ4v) is 7.35. The molecule has 4 aliphatic carbocycles. The lowest BCUT2D eigenvalue weighted by Crippen LogP contribution is -2.56. The van der Waals surface area contributed by atoms with Crippen LogP contribution < -0.4 is 0 Å². The number of ketones is 1. The maximum absolute atomic E-state index is 12.5. The van der Waals surface area contributed by atoms with Crippen LogP contribution in [0.25, 0.3) is 0 Å². The summed E-state index contributed by atoms with van der Waals surface area (Å²) in [6.07, 6.45) is 10.2. The van der Waals surface area contributed by atoms with Gasteiger partial charge >= 0.3 is 0 Å². The van der Waals surface area contributed by atoms with Gasteiger partial charge in [-0.2, -0.15) is 0 Å². The highest BCUT2D eigenvalue weighted by molar-refractivity contribution is 5.87. The molecule has 0 aromatic heterocycles. The van der Waals surface area contributed by atoms with Crippen LogP contribution in [0, 0.1) is 22.7 Å². The molecule has 5 unspecified atom stereocenters. The molecule has 3 saturated carbocycles. The molecule has 6 aliphatic rings. The average molecular weight is 373 g/mol. The molecular formula is C23H32O4. The summed E-state index contributed by atoms with van der Waals surface area (Å²) in [5.41, 5.74) is 1.37. The van der Waals surface area contributed by atoms with E-state index in [1.807, 2.05) is 0 Å². The normalized spacial score (nSPS) is 51.7. The molecule has 6 rings (SSSR count). The number of Topliss-reactive ketones (excluding diaryl/α,β-unsaturated/α-hetero) is 1. The molecule has 5 atom stereocenters. The Balaban J connectivity index is 1.29. The van der Waals surface area contributed by atoms with Crippen molar-refractivity contribution in [2.75, 3.05) is 13.2 Å². The number of ether oxygens (including phenoxy) is 3. The van der Waals surface area contributed by atoms with Gasteiger partial charge in [-0.05, 0) is 49.5 Å². The topological polar surface area (TPSA) is 48.1 Å². The van der Waals surface area contributed by atoms with Crippen LogP contribution in [0.4, 0.5) is 0 Å². The molecule has 27 heavy (non-hydrogen) atoms. The van der Waals surface area contributed by atoms with E-state index < -0.39 is 5.79 Å². The third-order valence-corrected chi connectivity index (χ3v) is 9.02. The Hall–Kier alpha value is -0.710. The van der Waals surface area contributed by atoms with Gasteiger partial charge in [-0.15, -0.1) is 0 Å². The molecule has 2 aliphatic heterocycles. The van der Waals surface area contributed by atoms with Crippen LogP contribution >= 0.6 is 0 Å². The fourth-order valence-electron chi connectivity index (χ4n) is 7.35. The van der Waals surface area contributed by atoms with Crippen molar-refractivity contribution in [3.05, 3.63) is 11.6 Å². The van der Waals surface area contributed by atoms with Crippen molar-refractivity contribution in [3.63, 3.8) is 0 Å². The van der Waals surface area contributed by atoms with Crippen molar-refractivity contribution < 1.29 is 19.0 Å². The van der Waals surface area contributed by atoms with Crippen molar-refractivity contribution in [3.8, 4) is 0 Å². The molecule has 0 aromatic carbocycles. The molecule has 2 saturated heterocycles. The second-order valence-corrected chi connectivity index (χ2v) is 11.2. The smallest absolute Gasteiger partial charge is 0.171 e. The summed E-state index contributed by atoms with van der Waals surface area (Å²) in [7, 11) is 0. The molecule has 0 N–H and O–H groups in total. The second-order valence-electron chi connectivity index (χ2n) is 11.2. The number of carbonyl (C=O) groups excluding carboxylic acids is 1. The quantitative estimate of drug-likeness (QED) is 0.473. The molecular weight excluding hydrogens is 340 g/mol. The minimum absolute atomic E-state index is 0.0756. The minimum Gasteiger partial charge on any atom is -0.358 e. The van der Waals surface area contributed by atoms with Gasteiger partial charge in [0.05, 0.1) is 13.2 Å². The molecule has 4 nitrogen and oxygen atoms in total. The Labute approximate surface area is 162 Å². The predicted molar refractivity (Wildman–Crippen MR) is 100 cm³/mol. The van der Waals surface area contributed by atoms with Crippen LogP contribution in [0.2, 0.25) is 0 Å². The lowest BCUT2D eigenvalue weighted by atomic mass is 9.54. The third kappa shape index (κ3) is 2.03. The summed E-state index contributed by atoms with van der Waals surface area (Å²) in [4.78, 5) is 12.5. The number of carbonyl (C=O) groups is 1. The van der Waals surface area contributed by atoms with E-state index in [-0.39, 0.29) is 22.0 Å². The van der Waals surface area contributed by atoms with Gasteiger partial charge in [0.1, 0.15) is 17.0 Å². The van der Waals surface area contributed by atoms with Crippen LogP contribution in [0.5, 0.6) is 0 Å². The van der Waals surface area contributed by atoms with Gasteiger partial charge < -0.3 is 14.2 Å². The van der Waals surface area contributed by atoms with E-state index in [1.54, 1.807) is 0 Å². The first kappa shape index (κ1) is 17.2. The van der Waals surface area contributed by atoms with Crippen LogP contribution in [-0.4, -0.2) is 36.0 Å². The second kappa shape index (κ2) is 4.88. The van der Waals surface area contributed by atoms with Crippen LogP contribution in [0.1, 0.15) is 72.1 Å². The Bertz CT molecular complexity index is 743. The largest absolute Gasteiger partial charge is 0.358 e. The average Bonchev–Trinajstić information content (AvgIpc) is 3.23. The molecule has 2 heterocycles. The van der Waals surface area contributed by atoms with Crippen LogP contribution in [0.15, 0.2) is 11.6 Å². The number of hydrogen-bond acceptors (Lipinski definition) is 4. The van der Waals surface area contributed by atoms with Gasteiger partial charge in [-0.1, -0.05) is 26.8 Å². The monoisotopic (exact) mass is 372 g/mol. The summed E-state index contributed by atoms with van der Waals surface area (Å²) in [5.74, 6) is 1.13. The van der Waals surface area contributed by atoms with Crippen molar-refractivity contribution in [2.45, 2.75) is 89.1 Å². The summed E-state index contributed by atoms with van der Waals surface area (Å²) < 4.78 is 19.3. The van der Waals surface area contributed by atoms with Gasteiger partial charge in [0.2, 0.25) is 0 Å². The number of allylic oxidation sites excluding steroid dienone is 1. The Morgan fingerprint density at radius 1 is 1.04 bits per heavy atom. The van der Waals surface area contributed by atoms with E-state index in [0.717, 1.165) is 64.6 Å². The van der Waals surface area contributed by atoms with Gasteiger partial charge in [0.15, 0.2) is 5.79 Å². The zero-order chi connectivity index (χ0) is 18.7. The van der Waals surface area contributed by atoms with E-state index in [4.69, 9.17) is 14.2 Å². The number of epoxide rings is 1. The summed E-state index contributed by atoms with van der Waals surface area (Å²) in [6, 6.07) is 0. The summed E-state index contributed by atoms with van der Waals surface area (Å²) in [5, 5.41) is 0. The first-order valence-corrected chi connectivity index (χ1v) is 11.0. The summed E-state index contributed by atoms with van der Waals surface area (Å²) in [6.45, 7) is 8.16. The Kier molecular flexibility index (Phi) is 3.10. The van der Waals surface area contributed by atoms with Gasteiger partial charge in [0, 0.05) is 30.1 Å². The molecule has 0 bridgehead atoms. The maximum atomic E-state index is 12.5. The molecule has 5 fully saturated rings. The first-order valence-electron chi connectivity index (χ1n) is 11.0. The third-order valence-electron chi connectivity index (χ3n) is 9.02. The van der Waals surface area contributed by atoms with Crippen molar-refractivity contribution >= 4 is 5.78 Å². The van der Waals surface area contributed by atoms with Gasteiger partial charge in [0.25, 0.3) is 0 Å². The highest BCUT2D eigenvalue weighted by atomic mass is 16.7. The summed E-state index contributed by atoms with van der Waals surface area (Å²) >= 11 is 0. The molecule has 4 heteroatoms. The molecule has 148 valence electrons. The first-order chi connectivity index (χ1) is 12.7. The van der Waals surface area contributed by atoms with Crippen molar-refractivity contribution in [2.24, 2.45) is 22.7 Å². The Morgan fingerprint density at radius 3 is 2.59 bits per heavy atom. The lowest BCUT2D eigenvalue weighted by molar-refractivity contribution is -0.313. The predicted octanol–water partition coefficient (Wildman–Crippen LogP) is 4.17. The minimum atomic E-state index is -0.435. The molecule has 0 aromatic rings.